The van der Waals surface area contributed by atoms with Gasteiger partial charge in [0.05, 0.1) is 7.11 Å². The Balaban J connectivity index is 2.53. The second-order valence-electron chi connectivity index (χ2n) is 3.10. The second kappa shape index (κ2) is 5.75. The van der Waals surface area contributed by atoms with Crippen LogP contribution in [0.25, 0.3) is 0 Å². The maximum absolute atomic E-state index is 11.1. The summed E-state index contributed by atoms with van der Waals surface area (Å²) in [5, 5.41) is 7.16. The first-order chi connectivity index (χ1) is 7.17. The molecule has 0 aromatic carbocycles. The van der Waals surface area contributed by atoms with Crippen LogP contribution in [0.2, 0.25) is 0 Å². The third-order valence-electron chi connectivity index (χ3n) is 1.81. The molecular weight excluding hydrogens is 214 g/mol. The molecule has 0 amide bonds. The van der Waals surface area contributed by atoms with Crippen LogP contribution < -0.4 is 0 Å². The van der Waals surface area contributed by atoms with Gasteiger partial charge in [-0.3, -0.25) is 9.89 Å². The highest BCUT2D eigenvalue weighted by atomic mass is 32.2. The predicted octanol–water partition coefficient (Wildman–Crippen LogP) is 1.41. The maximum atomic E-state index is 11.1. The number of thioether (sulfide) groups is 1. The molecule has 0 unspecified atom stereocenters. The van der Waals surface area contributed by atoms with Crippen LogP contribution in [-0.2, 0) is 16.0 Å². The minimum Gasteiger partial charge on any atom is -0.468 e. The molecule has 0 saturated heterocycles. The minimum absolute atomic E-state index is 0.262. The maximum Gasteiger partial charge on any atom is 0.318 e. The van der Waals surface area contributed by atoms with Crippen molar-refractivity contribution >= 4 is 17.7 Å². The molecular formula is C9H15N3O2S. The summed E-state index contributed by atoms with van der Waals surface area (Å²) in [4.78, 5) is 15.4. The fourth-order valence-electron chi connectivity index (χ4n) is 1.05. The van der Waals surface area contributed by atoms with Gasteiger partial charge < -0.3 is 4.74 Å². The molecule has 1 atom stereocenters. The molecule has 0 aliphatic carbocycles. The van der Waals surface area contributed by atoms with E-state index in [4.69, 9.17) is 0 Å². The molecule has 84 valence electrons. The number of ether oxygens (including phenoxy) is 1. The standard InChI is InChI=1S/C9H15N3O2S/c1-4-5-7-10-9(12-11-7)15-6(2)8(13)14-3/h6H,4-5H2,1-3H3,(H,10,11,12)/t6-/m0/s1. The zero-order valence-electron chi connectivity index (χ0n) is 9.11. The van der Waals surface area contributed by atoms with Gasteiger partial charge in [-0.05, 0) is 13.3 Å². The molecule has 0 bridgehead atoms. The van der Waals surface area contributed by atoms with E-state index in [2.05, 4.69) is 26.8 Å². The van der Waals surface area contributed by atoms with Crippen LogP contribution >= 0.6 is 11.8 Å². The van der Waals surface area contributed by atoms with Crippen LogP contribution in [0.5, 0.6) is 0 Å². The molecule has 1 N–H and O–H groups in total. The molecule has 0 saturated carbocycles. The van der Waals surface area contributed by atoms with Gasteiger partial charge >= 0.3 is 5.97 Å². The van der Waals surface area contributed by atoms with Gasteiger partial charge in [-0.25, -0.2) is 4.98 Å². The Labute approximate surface area is 93.0 Å². The smallest absolute Gasteiger partial charge is 0.318 e. The number of nitrogens with one attached hydrogen (secondary N) is 1. The number of hydrogen-bond acceptors (Lipinski definition) is 5. The quantitative estimate of drug-likeness (QED) is 0.610. The van der Waals surface area contributed by atoms with Gasteiger partial charge in [-0.1, -0.05) is 18.7 Å². The second-order valence-corrected chi connectivity index (χ2v) is 4.41. The fraction of sp³-hybridized carbons (Fsp3) is 0.667. The van der Waals surface area contributed by atoms with Gasteiger partial charge in [0, 0.05) is 6.42 Å². The van der Waals surface area contributed by atoms with Crippen LogP contribution in [0, 0.1) is 0 Å². The summed E-state index contributed by atoms with van der Waals surface area (Å²) in [7, 11) is 1.37. The van der Waals surface area contributed by atoms with Gasteiger partial charge in [-0.15, -0.1) is 5.10 Å². The molecule has 6 heteroatoms. The number of aromatic amines is 1. The van der Waals surface area contributed by atoms with Crippen molar-refractivity contribution in [3.8, 4) is 0 Å². The zero-order chi connectivity index (χ0) is 11.3. The van der Waals surface area contributed by atoms with Gasteiger partial charge in [0.1, 0.15) is 11.1 Å². The minimum atomic E-state index is -0.278. The molecule has 0 fully saturated rings. The molecule has 0 aliphatic rings. The van der Waals surface area contributed by atoms with Crippen molar-refractivity contribution in [2.24, 2.45) is 0 Å². The predicted molar refractivity (Wildman–Crippen MR) is 57.7 cm³/mol. The monoisotopic (exact) mass is 229 g/mol. The number of hydrogen-bond donors (Lipinski definition) is 1. The lowest BCUT2D eigenvalue weighted by Crippen LogP contribution is -2.14. The van der Waals surface area contributed by atoms with E-state index in [-0.39, 0.29) is 11.2 Å². The largest absolute Gasteiger partial charge is 0.468 e. The van der Waals surface area contributed by atoms with Crippen LogP contribution in [0.15, 0.2) is 5.16 Å². The first-order valence-electron chi connectivity index (χ1n) is 4.83. The number of nitrogens with zero attached hydrogens (tertiary/aromatic N) is 2. The third-order valence-corrected chi connectivity index (χ3v) is 2.75. The summed E-state index contributed by atoms with van der Waals surface area (Å²) in [6.45, 7) is 3.85. The van der Waals surface area contributed by atoms with Crippen LogP contribution in [-0.4, -0.2) is 33.5 Å². The Kier molecular flexibility index (Phi) is 4.61. The number of carbonyl (C=O) groups excluding carboxylic acids is 1. The molecule has 0 spiro atoms. The third kappa shape index (κ3) is 3.54. The van der Waals surface area contributed by atoms with Gasteiger partial charge in [-0.2, -0.15) is 0 Å². The number of aromatic nitrogens is 3. The Morgan fingerprint density at radius 2 is 2.40 bits per heavy atom. The first-order valence-corrected chi connectivity index (χ1v) is 5.71. The van der Waals surface area contributed by atoms with E-state index >= 15 is 0 Å². The lowest BCUT2D eigenvalue weighted by molar-refractivity contribution is -0.139. The summed E-state index contributed by atoms with van der Waals surface area (Å²) in [6, 6.07) is 0. The molecule has 5 nitrogen and oxygen atoms in total. The van der Waals surface area contributed by atoms with Crippen LogP contribution in [0.4, 0.5) is 0 Å². The van der Waals surface area contributed by atoms with E-state index in [1.165, 1.54) is 18.9 Å². The Bertz CT molecular complexity index is 327. The van der Waals surface area contributed by atoms with E-state index in [0.29, 0.717) is 5.16 Å². The summed E-state index contributed by atoms with van der Waals surface area (Å²) >= 11 is 1.29. The fourth-order valence-corrected chi connectivity index (χ4v) is 1.82. The highest BCUT2D eigenvalue weighted by molar-refractivity contribution is 8.00. The molecule has 1 rings (SSSR count). The summed E-state index contributed by atoms with van der Waals surface area (Å²) in [5.74, 6) is 0.596. The Morgan fingerprint density at radius 1 is 1.67 bits per heavy atom. The average molecular weight is 229 g/mol. The SMILES string of the molecule is CCCc1nc(S[C@@H](C)C(=O)OC)n[nH]1. The number of carbonyl (C=O) groups is 1. The summed E-state index contributed by atoms with van der Waals surface area (Å²) < 4.78 is 4.61. The Morgan fingerprint density at radius 3 is 3.00 bits per heavy atom. The lowest BCUT2D eigenvalue weighted by atomic mass is 10.3. The van der Waals surface area contributed by atoms with E-state index in [0.717, 1.165) is 18.7 Å². The average Bonchev–Trinajstić information content (AvgIpc) is 2.65. The molecule has 1 heterocycles. The molecule has 0 aliphatic heterocycles. The van der Waals surface area contributed by atoms with Crippen LogP contribution in [0.1, 0.15) is 26.1 Å². The molecule has 1 aromatic heterocycles. The van der Waals surface area contributed by atoms with E-state index in [1.807, 2.05) is 0 Å². The van der Waals surface area contributed by atoms with Crippen molar-refractivity contribution in [3.05, 3.63) is 5.82 Å². The summed E-state index contributed by atoms with van der Waals surface area (Å²) in [6.07, 6.45) is 1.89. The highest BCUT2D eigenvalue weighted by Crippen LogP contribution is 2.19. The van der Waals surface area contributed by atoms with Crippen molar-refractivity contribution in [1.82, 2.24) is 15.2 Å². The zero-order valence-corrected chi connectivity index (χ0v) is 9.93. The van der Waals surface area contributed by atoms with Gasteiger partial charge in [0.15, 0.2) is 0 Å². The van der Waals surface area contributed by atoms with Crippen molar-refractivity contribution in [3.63, 3.8) is 0 Å². The molecule has 0 radical (unpaired) electrons. The lowest BCUT2D eigenvalue weighted by Gasteiger charge is -2.04. The van der Waals surface area contributed by atoms with E-state index in [1.54, 1.807) is 6.92 Å². The highest BCUT2D eigenvalue weighted by Gasteiger charge is 2.16. The van der Waals surface area contributed by atoms with E-state index < -0.39 is 0 Å². The number of esters is 1. The van der Waals surface area contributed by atoms with E-state index in [9.17, 15) is 4.79 Å². The molecule has 15 heavy (non-hydrogen) atoms. The van der Waals surface area contributed by atoms with Gasteiger partial charge in [0.2, 0.25) is 5.16 Å². The number of methoxy groups -OCH3 is 1. The Hall–Kier alpha value is -1.04. The van der Waals surface area contributed by atoms with Crippen molar-refractivity contribution in [2.45, 2.75) is 37.1 Å². The number of H-pyrrole nitrogens is 1. The topological polar surface area (TPSA) is 67.9 Å². The van der Waals surface area contributed by atoms with Crippen molar-refractivity contribution in [2.75, 3.05) is 7.11 Å². The normalized spacial score (nSPS) is 12.5. The van der Waals surface area contributed by atoms with Crippen molar-refractivity contribution in [1.29, 1.82) is 0 Å². The number of rotatable bonds is 5. The number of aryl methyl sites for hydroxylation is 1. The molecule has 1 aromatic rings. The van der Waals surface area contributed by atoms with Crippen molar-refractivity contribution < 1.29 is 9.53 Å². The van der Waals surface area contributed by atoms with Crippen LogP contribution in [0.3, 0.4) is 0 Å². The summed E-state index contributed by atoms with van der Waals surface area (Å²) in [5.41, 5.74) is 0. The van der Waals surface area contributed by atoms with Gasteiger partial charge in [0.25, 0.3) is 0 Å². The first kappa shape index (κ1) is 12.0.